The third-order valence-electron chi connectivity index (χ3n) is 5.74. The summed E-state index contributed by atoms with van der Waals surface area (Å²) in [6.07, 6.45) is 0. The van der Waals surface area contributed by atoms with Crippen molar-refractivity contribution in [3.8, 4) is 23.3 Å². The van der Waals surface area contributed by atoms with Gasteiger partial charge in [-0.1, -0.05) is 39.9 Å². The van der Waals surface area contributed by atoms with Crippen molar-refractivity contribution in [1.82, 2.24) is 0 Å². The summed E-state index contributed by atoms with van der Waals surface area (Å²) in [5.41, 5.74) is 1.80. The van der Waals surface area contributed by atoms with Crippen molar-refractivity contribution < 1.29 is 23.5 Å². The minimum atomic E-state index is -0.496. The van der Waals surface area contributed by atoms with Gasteiger partial charge in [-0.3, -0.25) is 0 Å². The molecule has 1 heterocycles. The molecule has 0 saturated carbocycles. The van der Waals surface area contributed by atoms with Gasteiger partial charge in [0.2, 0.25) is 0 Å². The van der Waals surface area contributed by atoms with Gasteiger partial charge < -0.3 is 19.2 Å². The van der Waals surface area contributed by atoms with Crippen molar-refractivity contribution in [2.24, 2.45) is 0 Å². The molecule has 4 rings (SSSR count). The number of ether oxygens (including phenoxy) is 1. The monoisotopic (exact) mass is 524 g/mol. The van der Waals surface area contributed by atoms with E-state index in [0.717, 1.165) is 21.1 Å². The van der Waals surface area contributed by atoms with Gasteiger partial charge in [0.25, 0.3) is 0 Å². The lowest BCUT2D eigenvalue weighted by atomic mass is 9.79. The molecule has 3 aromatic carbocycles. The highest BCUT2D eigenvalue weighted by molar-refractivity contribution is 9.10. The van der Waals surface area contributed by atoms with Crippen molar-refractivity contribution in [3.63, 3.8) is 0 Å². The van der Waals surface area contributed by atoms with Crippen molar-refractivity contribution >= 4 is 28.5 Å². The number of aromatic hydroxyl groups is 1. The van der Waals surface area contributed by atoms with Crippen LogP contribution < -0.4 is 10.2 Å². The number of hydrogen-bond acceptors (Lipinski definition) is 4. The van der Waals surface area contributed by atoms with Crippen LogP contribution in [0.25, 0.3) is 0 Å². The van der Waals surface area contributed by atoms with Crippen molar-refractivity contribution in [2.75, 3.05) is 7.11 Å². The molecule has 34 heavy (non-hydrogen) atoms. The normalized spacial score (nSPS) is 15.6. The number of hydrogen-bond donors (Lipinski definition) is 1. The summed E-state index contributed by atoms with van der Waals surface area (Å²) in [7, 11) is 0.941. The molecule has 1 fully saturated rings. The second-order valence-electron chi connectivity index (χ2n) is 8.79. The van der Waals surface area contributed by atoms with Gasteiger partial charge in [-0.2, -0.15) is 0 Å². The first-order valence-electron chi connectivity index (χ1n) is 10.8. The fraction of sp³-hybridized carbons (Fsp3) is 0.259. The van der Waals surface area contributed by atoms with E-state index >= 15 is 0 Å². The third-order valence-corrected chi connectivity index (χ3v) is 6.24. The molecule has 1 saturated heterocycles. The van der Waals surface area contributed by atoms with E-state index in [-0.39, 0.29) is 11.5 Å². The summed E-state index contributed by atoms with van der Waals surface area (Å²) < 4.78 is 31.1. The zero-order valence-electron chi connectivity index (χ0n) is 19.9. The van der Waals surface area contributed by atoms with E-state index in [4.69, 9.17) is 19.2 Å². The SMILES string of the molecule is COc1cc(B2OC(C)(C)C(C)(C)O2)ccc1F.Oc1ccc(C#Cc2cccc(Br)c2)cc1. The maximum Gasteiger partial charge on any atom is 0.494 e. The van der Waals surface area contributed by atoms with Gasteiger partial charge in [0.1, 0.15) is 5.75 Å². The Kier molecular flexibility index (Phi) is 8.09. The van der Waals surface area contributed by atoms with Gasteiger partial charge in [0.05, 0.1) is 18.3 Å². The Morgan fingerprint density at radius 3 is 2.09 bits per heavy atom. The van der Waals surface area contributed by atoms with Crippen LogP contribution in [0.2, 0.25) is 0 Å². The van der Waals surface area contributed by atoms with E-state index in [1.165, 1.54) is 13.2 Å². The van der Waals surface area contributed by atoms with Crippen LogP contribution in [0, 0.1) is 17.7 Å². The van der Waals surface area contributed by atoms with Crippen molar-refractivity contribution in [2.45, 2.75) is 38.9 Å². The predicted molar refractivity (Wildman–Crippen MR) is 137 cm³/mol. The highest BCUT2D eigenvalue weighted by atomic mass is 79.9. The number of rotatable bonds is 2. The average molecular weight is 525 g/mol. The highest BCUT2D eigenvalue weighted by Gasteiger charge is 2.51. The highest BCUT2D eigenvalue weighted by Crippen LogP contribution is 2.36. The summed E-state index contributed by atoms with van der Waals surface area (Å²) in [5, 5.41) is 9.12. The van der Waals surface area contributed by atoms with Crippen LogP contribution in [0.5, 0.6) is 11.5 Å². The second kappa shape index (κ2) is 10.6. The summed E-state index contributed by atoms with van der Waals surface area (Å²) in [6.45, 7) is 7.92. The molecule has 0 aromatic heterocycles. The van der Waals surface area contributed by atoms with Crippen LogP contribution in [0.1, 0.15) is 38.8 Å². The number of methoxy groups -OCH3 is 1. The Bertz CT molecular complexity index is 1180. The summed E-state index contributed by atoms with van der Waals surface area (Å²) in [6, 6.07) is 19.3. The summed E-state index contributed by atoms with van der Waals surface area (Å²) >= 11 is 3.40. The van der Waals surface area contributed by atoms with E-state index in [1.54, 1.807) is 36.4 Å². The average Bonchev–Trinajstić information content (AvgIpc) is 3.01. The van der Waals surface area contributed by atoms with E-state index in [9.17, 15) is 4.39 Å². The van der Waals surface area contributed by atoms with Crippen molar-refractivity contribution in [3.05, 3.63) is 88.1 Å². The van der Waals surface area contributed by atoms with Gasteiger partial charge in [0, 0.05) is 15.6 Å². The van der Waals surface area contributed by atoms with Gasteiger partial charge in [-0.25, -0.2) is 4.39 Å². The molecule has 0 unspecified atom stereocenters. The molecule has 7 heteroatoms. The lowest BCUT2D eigenvalue weighted by Crippen LogP contribution is -2.41. The molecule has 3 aromatic rings. The minimum Gasteiger partial charge on any atom is -0.508 e. The summed E-state index contributed by atoms with van der Waals surface area (Å²) in [4.78, 5) is 0. The lowest BCUT2D eigenvalue weighted by Gasteiger charge is -2.32. The van der Waals surface area contributed by atoms with E-state index < -0.39 is 24.1 Å². The van der Waals surface area contributed by atoms with Crippen LogP contribution in [-0.2, 0) is 9.31 Å². The molecule has 4 nitrogen and oxygen atoms in total. The quantitative estimate of drug-likeness (QED) is 0.345. The molecular formula is C27H27BBrFO4. The first-order chi connectivity index (χ1) is 16.0. The third kappa shape index (κ3) is 6.41. The Hall–Kier alpha value is -2.79. The first-order valence-corrected chi connectivity index (χ1v) is 11.6. The number of phenols is 1. The first kappa shape index (κ1) is 25.8. The molecule has 0 radical (unpaired) electrons. The van der Waals surface area contributed by atoms with Crippen LogP contribution >= 0.6 is 15.9 Å². The van der Waals surface area contributed by atoms with Crippen LogP contribution in [0.3, 0.4) is 0 Å². The maximum atomic E-state index is 13.4. The van der Waals surface area contributed by atoms with Crippen LogP contribution in [-0.4, -0.2) is 30.5 Å². The Morgan fingerprint density at radius 2 is 1.50 bits per heavy atom. The van der Waals surface area contributed by atoms with E-state index in [1.807, 2.05) is 52.0 Å². The maximum absolute atomic E-state index is 13.4. The Labute approximate surface area is 209 Å². The molecule has 0 atom stereocenters. The largest absolute Gasteiger partial charge is 0.508 e. The fourth-order valence-electron chi connectivity index (χ4n) is 3.06. The van der Waals surface area contributed by atoms with Gasteiger partial charge in [-0.05, 0) is 87.8 Å². The van der Waals surface area contributed by atoms with Crippen LogP contribution in [0.4, 0.5) is 4.39 Å². The number of phenolic OH excluding ortho intramolecular Hbond substituents is 1. The van der Waals surface area contributed by atoms with Crippen LogP contribution in [0.15, 0.2) is 71.2 Å². The topological polar surface area (TPSA) is 47.9 Å². The Balaban J connectivity index is 0.000000192. The molecule has 0 bridgehead atoms. The van der Waals surface area contributed by atoms with Crippen molar-refractivity contribution in [1.29, 1.82) is 0 Å². The van der Waals surface area contributed by atoms with Gasteiger partial charge in [-0.15, -0.1) is 0 Å². The lowest BCUT2D eigenvalue weighted by molar-refractivity contribution is 0.00578. The van der Waals surface area contributed by atoms with E-state index in [0.29, 0.717) is 0 Å². The smallest absolute Gasteiger partial charge is 0.494 e. The number of halogens is 2. The molecule has 0 spiro atoms. The molecule has 176 valence electrons. The molecule has 1 aliphatic rings. The molecule has 0 aliphatic carbocycles. The minimum absolute atomic E-state index is 0.196. The fourth-order valence-corrected chi connectivity index (χ4v) is 3.46. The zero-order chi connectivity index (χ0) is 24.9. The molecule has 1 aliphatic heterocycles. The second-order valence-corrected chi connectivity index (χ2v) is 9.71. The number of benzene rings is 3. The molecule has 1 N–H and O–H groups in total. The molecular weight excluding hydrogens is 498 g/mol. The summed E-state index contributed by atoms with van der Waals surface area (Å²) in [5.74, 6) is 6.16. The van der Waals surface area contributed by atoms with Gasteiger partial charge in [0.15, 0.2) is 11.6 Å². The van der Waals surface area contributed by atoms with Gasteiger partial charge >= 0.3 is 7.12 Å². The predicted octanol–water partition coefficient (Wildman–Crippen LogP) is 5.69. The molecule has 0 amide bonds. The van der Waals surface area contributed by atoms with E-state index in [2.05, 4.69) is 27.8 Å². The Morgan fingerprint density at radius 1 is 0.882 bits per heavy atom. The standard InChI is InChI=1S/C14H9BrO.C13H18BFO3/c15-13-3-1-2-12(10-13)5-4-11-6-8-14(16)9-7-11;1-12(2)13(3,4)18-14(17-12)9-6-7-10(15)11(8-9)16-5/h1-3,6-10,16H;6-8H,1-5H3. The zero-order valence-corrected chi connectivity index (χ0v) is 21.4.